The molecule has 1 heterocycles. The minimum atomic E-state index is -0.503. The van der Waals surface area contributed by atoms with Gasteiger partial charge in [0.25, 0.3) is 0 Å². The molecule has 0 bridgehead atoms. The van der Waals surface area contributed by atoms with Gasteiger partial charge in [-0.1, -0.05) is 6.07 Å². The number of rotatable bonds is 6. The van der Waals surface area contributed by atoms with E-state index in [1.807, 2.05) is 18.7 Å². The van der Waals surface area contributed by atoms with E-state index in [9.17, 15) is 4.79 Å². The molecular formula is C16H25NO2S2. The number of esters is 1. The summed E-state index contributed by atoms with van der Waals surface area (Å²) < 4.78 is 6.70. The Labute approximate surface area is 135 Å². The Morgan fingerprint density at radius 3 is 3.05 bits per heavy atom. The normalized spacial score (nSPS) is 26.0. The summed E-state index contributed by atoms with van der Waals surface area (Å²) >= 11 is 3.68. The molecule has 3 nitrogen and oxygen atoms in total. The van der Waals surface area contributed by atoms with Crippen LogP contribution in [0.5, 0.6) is 0 Å². The number of carbonyl (C=O) groups is 1. The molecule has 1 saturated carbocycles. The number of hydrogen-bond acceptors (Lipinski definition) is 5. The van der Waals surface area contributed by atoms with Gasteiger partial charge in [0.1, 0.15) is 5.54 Å². The van der Waals surface area contributed by atoms with Crippen LogP contribution in [0.15, 0.2) is 21.7 Å². The number of hydrogen-bond donors (Lipinski definition) is 1. The van der Waals surface area contributed by atoms with Gasteiger partial charge >= 0.3 is 5.97 Å². The Balaban J connectivity index is 2.09. The van der Waals surface area contributed by atoms with Crippen molar-refractivity contribution < 1.29 is 9.53 Å². The molecule has 1 aliphatic rings. The van der Waals surface area contributed by atoms with Crippen LogP contribution in [0, 0.1) is 0 Å². The van der Waals surface area contributed by atoms with E-state index in [0.717, 1.165) is 19.3 Å². The molecule has 1 aromatic heterocycles. The van der Waals surface area contributed by atoms with Crippen LogP contribution >= 0.6 is 23.1 Å². The molecule has 118 valence electrons. The molecule has 0 radical (unpaired) electrons. The molecule has 21 heavy (non-hydrogen) atoms. The van der Waals surface area contributed by atoms with E-state index in [4.69, 9.17) is 4.74 Å². The van der Waals surface area contributed by atoms with E-state index in [0.29, 0.717) is 11.9 Å². The summed E-state index contributed by atoms with van der Waals surface area (Å²) in [5, 5.41) is 6.09. The van der Waals surface area contributed by atoms with Gasteiger partial charge in [-0.25, -0.2) is 0 Å². The van der Waals surface area contributed by atoms with Gasteiger partial charge in [-0.3, -0.25) is 10.1 Å². The zero-order valence-corrected chi connectivity index (χ0v) is 14.7. The highest BCUT2D eigenvalue weighted by Gasteiger charge is 2.44. The number of nitrogens with one attached hydrogen (secondary N) is 1. The topological polar surface area (TPSA) is 38.3 Å². The maximum absolute atomic E-state index is 12.5. The highest BCUT2D eigenvalue weighted by atomic mass is 32.2. The highest BCUT2D eigenvalue weighted by Crippen LogP contribution is 2.40. The molecular weight excluding hydrogens is 302 g/mol. The summed E-state index contributed by atoms with van der Waals surface area (Å²) in [4.78, 5) is 12.5. The van der Waals surface area contributed by atoms with Gasteiger partial charge < -0.3 is 4.74 Å². The van der Waals surface area contributed by atoms with Gasteiger partial charge in [0, 0.05) is 11.3 Å². The predicted octanol–water partition coefficient (Wildman–Crippen LogP) is 4.08. The minimum Gasteiger partial charge on any atom is -0.465 e. The van der Waals surface area contributed by atoms with Crippen LogP contribution in [0.25, 0.3) is 0 Å². The Hall–Kier alpha value is -0.520. The SMILES string of the molecule is CCOC(=O)C1(NC(C)C)CCCC(Sc2cccs2)C1. The van der Waals surface area contributed by atoms with Crippen LogP contribution in [0.2, 0.25) is 0 Å². The van der Waals surface area contributed by atoms with Crippen LogP contribution in [-0.2, 0) is 9.53 Å². The molecule has 2 unspecified atom stereocenters. The van der Waals surface area contributed by atoms with Gasteiger partial charge in [0.15, 0.2) is 0 Å². The molecule has 0 aromatic carbocycles. The Bertz CT molecular complexity index is 447. The summed E-state index contributed by atoms with van der Waals surface area (Å²) in [6.45, 7) is 6.51. The van der Waals surface area contributed by atoms with E-state index in [-0.39, 0.29) is 12.0 Å². The van der Waals surface area contributed by atoms with Gasteiger partial charge in [-0.05, 0) is 57.9 Å². The van der Waals surface area contributed by atoms with Crippen LogP contribution < -0.4 is 5.32 Å². The van der Waals surface area contributed by atoms with Crippen molar-refractivity contribution >= 4 is 29.1 Å². The first-order valence-corrected chi connectivity index (χ1v) is 9.47. The molecule has 1 aromatic rings. The van der Waals surface area contributed by atoms with Gasteiger partial charge in [0.2, 0.25) is 0 Å². The second kappa shape index (κ2) is 7.65. The fourth-order valence-corrected chi connectivity index (χ4v) is 5.40. The van der Waals surface area contributed by atoms with Crippen LogP contribution in [0.3, 0.4) is 0 Å². The average Bonchev–Trinajstić information content (AvgIpc) is 2.91. The lowest BCUT2D eigenvalue weighted by atomic mass is 9.80. The fourth-order valence-electron chi connectivity index (χ4n) is 3.02. The number of carbonyl (C=O) groups excluding carboxylic acids is 1. The lowest BCUT2D eigenvalue weighted by Crippen LogP contribution is -2.58. The summed E-state index contributed by atoms with van der Waals surface area (Å²) in [6, 6.07) is 4.52. The third-order valence-electron chi connectivity index (χ3n) is 3.71. The van der Waals surface area contributed by atoms with E-state index in [2.05, 4.69) is 36.7 Å². The van der Waals surface area contributed by atoms with Crippen LogP contribution in [-0.4, -0.2) is 29.4 Å². The molecule has 5 heteroatoms. The minimum absolute atomic E-state index is 0.0739. The second-order valence-electron chi connectivity index (χ2n) is 5.87. The number of thioether (sulfide) groups is 1. The lowest BCUT2D eigenvalue weighted by Gasteiger charge is -2.40. The zero-order chi connectivity index (χ0) is 15.3. The van der Waals surface area contributed by atoms with Gasteiger partial charge in [-0.2, -0.15) is 0 Å². The van der Waals surface area contributed by atoms with Crippen molar-refractivity contribution in [2.24, 2.45) is 0 Å². The zero-order valence-electron chi connectivity index (χ0n) is 13.1. The van der Waals surface area contributed by atoms with E-state index in [1.165, 1.54) is 10.6 Å². The van der Waals surface area contributed by atoms with E-state index >= 15 is 0 Å². The molecule has 1 fully saturated rings. The second-order valence-corrected chi connectivity index (χ2v) is 8.42. The Kier molecular flexibility index (Phi) is 6.14. The number of thiophene rings is 1. The quantitative estimate of drug-likeness (QED) is 0.799. The lowest BCUT2D eigenvalue weighted by molar-refractivity contribution is -0.153. The molecule has 0 aliphatic heterocycles. The predicted molar refractivity (Wildman–Crippen MR) is 90.1 cm³/mol. The molecule has 1 N–H and O–H groups in total. The summed E-state index contributed by atoms with van der Waals surface area (Å²) in [6.07, 6.45) is 3.98. The van der Waals surface area contributed by atoms with E-state index in [1.54, 1.807) is 11.3 Å². The van der Waals surface area contributed by atoms with Gasteiger partial charge in [0.05, 0.1) is 10.8 Å². The molecule has 0 saturated heterocycles. The third-order valence-corrected chi connectivity index (χ3v) is 6.06. The molecule has 2 rings (SSSR count). The number of ether oxygens (including phenoxy) is 1. The average molecular weight is 328 g/mol. The van der Waals surface area contributed by atoms with Crippen molar-refractivity contribution in [2.75, 3.05) is 6.61 Å². The smallest absolute Gasteiger partial charge is 0.326 e. The third kappa shape index (κ3) is 4.47. The highest BCUT2D eigenvalue weighted by molar-refractivity contribution is 8.01. The molecule has 2 atom stereocenters. The van der Waals surface area contributed by atoms with Crippen molar-refractivity contribution in [3.8, 4) is 0 Å². The fraction of sp³-hybridized carbons (Fsp3) is 0.688. The Morgan fingerprint density at radius 1 is 1.62 bits per heavy atom. The van der Waals surface area contributed by atoms with Gasteiger partial charge in [-0.15, -0.1) is 23.1 Å². The van der Waals surface area contributed by atoms with Crippen molar-refractivity contribution in [1.82, 2.24) is 5.32 Å². The van der Waals surface area contributed by atoms with Crippen molar-refractivity contribution in [2.45, 2.75) is 67.5 Å². The largest absolute Gasteiger partial charge is 0.465 e. The van der Waals surface area contributed by atoms with Crippen LogP contribution in [0.4, 0.5) is 0 Å². The summed E-state index contributed by atoms with van der Waals surface area (Å²) in [5.41, 5.74) is -0.503. The Morgan fingerprint density at radius 2 is 2.43 bits per heavy atom. The first kappa shape index (κ1) is 16.8. The standard InChI is InChI=1S/C16H25NO2S2/c1-4-19-15(18)16(17-12(2)3)9-5-7-13(11-16)21-14-8-6-10-20-14/h6,8,10,12-13,17H,4-5,7,9,11H2,1-3H3. The first-order chi connectivity index (χ1) is 10.1. The van der Waals surface area contributed by atoms with Crippen molar-refractivity contribution in [1.29, 1.82) is 0 Å². The summed E-state index contributed by atoms with van der Waals surface area (Å²) in [7, 11) is 0. The van der Waals surface area contributed by atoms with Crippen molar-refractivity contribution in [3.05, 3.63) is 17.5 Å². The first-order valence-electron chi connectivity index (χ1n) is 7.71. The summed E-state index contributed by atoms with van der Waals surface area (Å²) in [5.74, 6) is -0.0739. The van der Waals surface area contributed by atoms with Crippen molar-refractivity contribution in [3.63, 3.8) is 0 Å². The van der Waals surface area contributed by atoms with E-state index < -0.39 is 5.54 Å². The maximum Gasteiger partial charge on any atom is 0.326 e. The molecule has 1 aliphatic carbocycles. The maximum atomic E-state index is 12.5. The molecule has 0 spiro atoms. The monoisotopic (exact) mass is 327 g/mol. The molecule has 0 amide bonds. The van der Waals surface area contributed by atoms with Crippen LogP contribution in [0.1, 0.15) is 46.5 Å².